The number of ether oxygens (including phenoxy) is 1. The van der Waals surface area contributed by atoms with Gasteiger partial charge < -0.3 is 15.2 Å². The minimum atomic E-state index is -0.206. The molecule has 0 spiro atoms. The fraction of sp³-hybridized carbons (Fsp3) is 1.00. The third kappa shape index (κ3) is 9.80. The minimum absolute atomic E-state index is 0.206. The molecular formula is C10H23NO2. The van der Waals surface area contributed by atoms with Gasteiger partial charge in [-0.2, -0.15) is 0 Å². The summed E-state index contributed by atoms with van der Waals surface area (Å²) in [5, 5.41) is 12.7. The van der Waals surface area contributed by atoms with Crippen molar-refractivity contribution >= 4 is 0 Å². The quantitative estimate of drug-likeness (QED) is 0.560. The van der Waals surface area contributed by atoms with Crippen LogP contribution in [0.4, 0.5) is 0 Å². The van der Waals surface area contributed by atoms with Gasteiger partial charge in [0.05, 0.1) is 6.10 Å². The van der Waals surface area contributed by atoms with Crippen molar-refractivity contribution in [2.45, 2.75) is 32.8 Å². The highest BCUT2D eigenvalue weighted by atomic mass is 16.5. The zero-order valence-corrected chi connectivity index (χ0v) is 9.05. The molecule has 13 heavy (non-hydrogen) atoms. The maximum absolute atomic E-state index is 9.48. The second-order valence-electron chi connectivity index (χ2n) is 3.83. The highest BCUT2D eigenvalue weighted by Gasteiger charge is 2.05. The zero-order valence-electron chi connectivity index (χ0n) is 9.05. The van der Waals surface area contributed by atoms with E-state index in [-0.39, 0.29) is 6.10 Å². The summed E-state index contributed by atoms with van der Waals surface area (Å²) in [6, 6.07) is 0. The van der Waals surface area contributed by atoms with Crippen molar-refractivity contribution in [3.05, 3.63) is 0 Å². The van der Waals surface area contributed by atoms with Gasteiger partial charge in [0.2, 0.25) is 0 Å². The van der Waals surface area contributed by atoms with E-state index in [0.29, 0.717) is 12.5 Å². The lowest BCUT2D eigenvalue weighted by Crippen LogP contribution is -2.29. The van der Waals surface area contributed by atoms with Crippen LogP contribution in [0.5, 0.6) is 0 Å². The molecule has 0 radical (unpaired) electrons. The number of hydrogen-bond donors (Lipinski definition) is 2. The second-order valence-corrected chi connectivity index (χ2v) is 3.83. The molecule has 2 N–H and O–H groups in total. The Labute approximate surface area is 81.5 Å². The molecule has 3 heteroatoms. The summed E-state index contributed by atoms with van der Waals surface area (Å²) in [5.41, 5.74) is 0. The fourth-order valence-corrected chi connectivity index (χ4v) is 1.24. The maximum atomic E-state index is 9.48. The summed E-state index contributed by atoms with van der Waals surface area (Å²) in [6.07, 6.45) is 1.67. The Hall–Kier alpha value is -0.120. The Morgan fingerprint density at radius 3 is 2.62 bits per heavy atom. The van der Waals surface area contributed by atoms with Crippen LogP contribution >= 0.6 is 0 Å². The van der Waals surface area contributed by atoms with Gasteiger partial charge >= 0.3 is 0 Å². The summed E-state index contributed by atoms with van der Waals surface area (Å²) in [6.45, 7) is 6.64. The summed E-state index contributed by atoms with van der Waals surface area (Å²) in [7, 11) is 1.70. The van der Waals surface area contributed by atoms with Crippen LogP contribution in [0.25, 0.3) is 0 Å². The Kier molecular flexibility index (Phi) is 8.40. The molecule has 0 aliphatic rings. The summed E-state index contributed by atoms with van der Waals surface area (Å²) in [5.74, 6) is 0.566. The van der Waals surface area contributed by atoms with E-state index >= 15 is 0 Å². The average molecular weight is 189 g/mol. The monoisotopic (exact) mass is 189 g/mol. The summed E-state index contributed by atoms with van der Waals surface area (Å²) < 4.78 is 4.91. The number of aliphatic hydroxyl groups excluding tert-OH is 1. The van der Waals surface area contributed by atoms with E-state index in [1.165, 1.54) is 0 Å². The van der Waals surface area contributed by atoms with Crippen LogP contribution in [0.15, 0.2) is 0 Å². The molecule has 0 aliphatic heterocycles. The normalized spacial score (nSPS) is 13.6. The summed E-state index contributed by atoms with van der Waals surface area (Å²) >= 11 is 0. The first-order chi connectivity index (χ1) is 6.16. The number of rotatable bonds is 8. The standard InChI is InChI=1S/C10H23NO2/c1-9(2)7-10(12)8-11-5-4-6-13-3/h9-12H,4-8H2,1-3H3. The summed E-state index contributed by atoms with van der Waals surface area (Å²) in [4.78, 5) is 0. The highest BCUT2D eigenvalue weighted by Crippen LogP contribution is 2.02. The van der Waals surface area contributed by atoms with Crippen LogP contribution in [-0.2, 0) is 4.74 Å². The third-order valence-electron chi connectivity index (χ3n) is 1.83. The van der Waals surface area contributed by atoms with Crippen molar-refractivity contribution < 1.29 is 9.84 Å². The lowest BCUT2D eigenvalue weighted by Gasteiger charge is -2.13. The van der Waals surface area contributed by atoms with Crippen molar-refractivity contribution in [2.24, 2.45) is 5.92 Å². The first-order valence-electron chi connectivity index (χ1n) is 5.04. The lowest BCUT2D eigenvalue weighted by molar-refractivity contribution is 0.144. The average Bonchev–Trinajstić information content (AvgIpc) is 2.02. The third-order valence-corrected chi connectivity index (χ3v) is 1.83. The first-order valence-corrected chi connectivity index (χ1v) is 5.04. The molecule has 0 aromatic heterocycles. The molecule has 0 heterocycles. The van der Waals surface area contributed by atoms with Gasteiger partial charge in [-0.3, -0.25) is 0 Å². The molecule has 0 amide bonds. The van der Waals surface area contributed by atoms with Crippen molar-refractivity contribution in [3.8, 4) is 0 Å². The van der Waals surface area contributed by atoms with E-state index < -0.39 is 0 Å². The predicted octanol–water partition coefficient (Wildman–Crippen LogP) is 1.02. The van der Waals surface area contributed by atoms with Gasteiger partial charge in [-0.1, -0.05) is 13.8 Å². The van der Waals surface area contributed by atoms with Gasteiger partial charge in [0.1, 0.15) is 0 Å². The van der Waals surface area contributed by atoms with E-state index in [1.807, 2.05) is 0 Å². The van der Waals surface area contributed by atoms with Crippen molar-refractivity contribution in [1.29, 1.82) is 0 Å². The van der Waals surface area contributed by atoms with E-state index in [9.17, 15) is 5.11 Å². The molecule has 80 valence electrons. The van der Waals surface area contributed by atoms with Crippen LogP contribution < -0.4 is 5.32 Å². The topological polar surface area (TPSA) is 41.5 Å². The van der Waals surface area contributed by atoms with Gasteiger partial charge in [-0.05, 0) is 25.3 Å². The second kappa shape index (κ2) is 8.48. The molecule has 0 rings (SSSR count). The van der Waals surface area contributed by atoms with Crippen LogP contribution in [0.1, 0.15) is 26.7 Å². The Bertz CT molecular complexity index is 107. The van der Waals surface area contributed by atoms with Crippen molar-refractivity contribution in [3.63, 3.8) is 0 Å². The zero-order chi connectivity index (χ0) is 10.1. The number of aliphatic hydroxyl groups is 1. The molecule has 0 aromatic carbocycles. The number of nitrogens with one attached hydrogen (secondary N) is 1. The minimum Gasteiger partial charge on any atom is -0.392 e. The van der Waals surface area contributed by atoms with Crippen LogP contribution in [0, 0.1) is 5.92 Å². The largest absolute Gasteiger partial charge is 0.392 e. The van der Waals surface area contributed by atoms with Gasteiger partial charge in [0.25, 0.3) is 0 Å². The lowest BCUT2D eigenvalue weighted by atomic mass is 10.1. The fourth-order valence-electron chi connectivity index (χ4n) is 1.24. The Morgan fingerprint density at radius 2 is 2.08 bits per heavy atom. The predicted molar refractivity (Wildman–Crippen MR) is 54.8 cm³/mol. The SMILES string of the molecule is COCCCNCC(O)CC(C)C. The molecule has 0 aliphatic carbocycles. The van der Waals surface area contributed by atoms with E-state index in [0.717, 1.165) is 26.0 Å². The molecule has 0 bridgehead atoms. The van der Waals surface area contributed by atoms with Gasteiger partial charge in [0, 0.05) is 20.3 Å². The highest BCUT2D eigenvalue weighted by molar-refractivity contribution is 4.61. The molecule has 3 nitrogen and oxygen atoms in total. The number of methoxy groups -OCH3 is 1. The maximum Gasteiger partial charge on any atom is 0.0667 e. The smallest absolute Gasteiger partial charge is 0.0667 e. The molecular weight excluding hydrogens is 166 g/mol. The molecule has 0 saturated heterocycles. The molecule has 0 fully saturated rings. The van der Waals surface area contributed by atoms with E-state index in [2.05, 4.69) is 19.2 Å². The van der Waals surface area contributed by atoms with Crippen molar-refractivity contribution in [2.75, 3.05) is 26.8 Å². The van der Waals surface area contributed by atoms with Gasteiger partial charge in [-0.15, -0.1) is 0 Å². The Balaban J connectivity index is 3.12. The van der Waals surface area contributed by atoms with Crippen LogP contribution in [-0.4, -0.2) is 38.0 Å². The molecule has 0 saturated carbocycles. The van der Waals surface area contributed by atoms with E-state index in [1.54, 1.807) is 7.11 Å². The molecule has 1 atom stereocenters. The first kappa shape index (κ1) is 12.9. The van der Waals surface area contributed by atoms with E-state index in [4.69, 9.17) is 4.74 Å². The Morgan fingerprint density at radius 1 is 1.38 bits per heavy atom. The molecule has 0 aromatic rings. The molecule has 1 unspecified atom stereocenters. The number of hydrogen-bond acceptors (Lipinski definition) is 3. The van der Waals surface area contributed by atoms with Crippen LogP contribution in [0.2, 0.25) is 0 Å². The van der Waals surface area contributed by atoms with Crippen molar-refractivity contribution in [1.82, 2.24) is 5.32 Å². The van der Waals surface area contributed by atoms with Gasteiger partial charge in [-0.25, -0.2) is 0 Å². The van der Waals surface area contributed by atoms with Crippen LogP contribution in [0.3, 0.4) is 0 Å². The van der Waals surface area contributed by atoms with Gasteiger partial charge in [0.15, 0.2) is 0 Å².